The monoisotopic (exact) mass is 712 g/mol. The average Bonchev–Trinajstić information content (AvgIpc) is 3.06. The second kappa shape index (κ2) is 16.5. The number of carbonyl (C=O) groups is 5. The minimum absolute atomic E-state index is 0.0509. The lowest BCUT2D eigenvalue weighted by atomic mass is 10.0. The van der Waals surface area contributed by atoms with Crippen LogP contribution in [0.2, 0.25) is 0 Å². The molecule has 0 unspecified atom stereocenters. The molecule has 14 nitrogen and oxygen atoms in total. The highest BCUT2D eigenvalue weighted by atomic mass is 32.2. The molecule has 2 aromatic carbocycles. The molecular weight excluding hydrogens is 664 g/mol. The lowest BCUT2D eigenvalue weighted by Crippen LogP contribution is -2.57. The summed E-state index contributed by atoms with van der Waals surface area (Å²) in [6.45, 7) is 7.95. The Hall–Kier alpha value is -4.50. The highest BCUT2D eigenvalue weighted by Gasteiger charge is 2.35. The molecule has 0 bridgehead atoms. The molecule has 1 fully saturated rings. The fourth-order valence-electron chi connectivity index (χ4n) is 5.83. The summed E-state index contributed by atoms with van der Waals surface area (Å²) in [5, 5.41) is 13.8. The third kappa shape index (κ3) is 9.81. The maximum atomic E-state index is 14.2. The number of ether oxygens (including phenoxy) is 1. The van der Waals surface area contributed by atoms with Crippen molar-refractivity contribution in [2.45, 2.75) is 89.4 Å². The molecule has 4 rings (SSSR count). The zero-order chi connectivity index (χ0) is 36.7. The van der Waals surface area contributed by atoms with Crippen LogP contribution in [-0.2, 0) is 46.8 Å². The van der Waals surface area contributed by atoms with Gasteiger partial charge in [-0.3, -0.25) is 24.0 Å². The van der Waals surface area contributed by atoms with E-state index >= 15 is 0 Å². The molecule has 272 valence electrons. The van der Waals surface area contributed by atoms with E-state index in [1.54, 1.807) is 38.1 Å². The maximum absolute atomic E-state index is 14.2. The number of amides is 5. The first-order chi connectivity index (χ1) is 23.6. The van der Waals surface area contributed by atoms with Crippen LogP contribution in [0, 0.1) is 11.8 Å². The van der Waals surface area contributed by atoms with Crippen LogP contribution in [0.5, 0.6) is 5.75 Å². The Kier molecular flexibility index (Phi) is 12.6. The molecule has 0 aromatic heterocycles. The molecule has 2 aliphatic heterocycles. The highest BCUT2D eigenvalue weighted by molar-refractivity contribution is 7.89. The molecule has 5 amide bonds. The molecule has 2 aromatic rings. The lowest BCUT2D eigenvalue weighted by Gasteiger charge is -2.31. The van der Waals surface area contributed by atoms with Gasteiger partial charge in [-0.05, 0) is 73.1 Å². The van der Waals surface area contributed by atoms with Crippen molar-refractivity contribution in [2.24, 2.45) is 11.8 Å². The number of rotatable bonds is 8. The number of hydrogen-bond acceptors (Lipinski definition) is 8. The van der Waals surface area contributed by atoms with Crippen molar-refractivity contribution in [2.75, 3.05) is 25.5 Å². The van der Waals surface area contributed by atoms with Crippen LogP contribution in [0.1, 0.15) is 58.6 Å². The first kappa shape index (κ1) is 38.3. The molecule has 50 heavy (non-hydrogen) atoms. The summed E-state index contributed by atoms with van der Waals surface area (Å²) >= 11 is 0. The molecule has 4 atom stereocenters. The Morgan fingerprint density at radius 3 is 2.14 bits per heavy atom. The number of aryl methyl sites for hydroxylation is 1. The Balaban J connectivity index is 1.71. The predicted octanol–water partition coefficient (Wildman–Crippen LogP) is 1.49. The minimum Gasteiger partial charge on any atom is -0.497 e. The number of nitrogens with zero attached hydrogens (tertiary/aromatic N) is 1. The Labute approximate surface area is 293 Å². The van der Waals surface area contributed by atoms with Crippen LogP contribution in [0.3, 0.4) is 0 Å². The van der Waals surface area contributed by atoms with Gasteiger partial charge in [0.2, 0.25) is 39.6 Å². The molecule has 0 radical (unpaired) electrons. The standard InChI is InChI=1S/C35H48N6O8S/c1-20(2)15-28-35(46)39-29(16-23-7-10-25(49-6)11-8-23)34(45)36-22(5)33(44)40-30(21(3)4)18-41(19-32(43)38-28)50(47,48)26-12-13-27-24(17-26)9-14-31(42)37-27/h7-8,10-13,17,20-22,28-30H,9,14-16,18-19H2,1-6H3,(H,36,45)(H,37,42)(H,38,43)(H,39,46)(H,40,44)/t22-,28+,29+,30-/m1/s1. The first-order valence-corrected chi connectivity index (χ1v) is 18.3. The van der Waals surface area contributed by atoms with E-state index in [4.69, 9.17) is 4.74 Å². The Bertz CT molecular complexity index is 1690. The number of hydrogen-bond donors (Lipinski definition) is 5. The van der Waals surface area contributed by atoms with Crippen LogP contribution in [-0.4, -0.2) is 86.6 Å². The van der Waals surface area contributed by atoms with Crippen LogP contribution >= 0.6 is 0 Å². The molecule has 5 N–H and O–H groups in total. The number of sulfonamides is 1. The summed E-state index contributed by atoms with van der Waals surface area (Å²) in [5.41, 5.74) is 1.88. The number of carbonyl (C=O) groups excluding carboxylic acids is 5. The molecule has 2 aliphatic rings. The van der Waals surface area contributed by atoms with Gasteiger partial charge in [-0.2, -0.15) is 4.31 Å². The zero-order valence-electron chi connectivity index (χ0n) is 29.4. The normalized spacial score (nSPS) is 23.1. The van der Waals surface area contributed by atoms with Crippen molar-refractivity contribution in [3.8, 4) is 5.75 Å². The van der Waals surface area contributed by atoms with Crippen LogP contribution in [0.15, 0.2) is 47.4 Å². The van der Waals surface area contributed by atoms with Crippen molar-refractivity contribution in [3.05, 3.63) is 53.6 Å². The van der Waals surface area contributed by atoms with Gasteiger partial charge in [0.15, 0.2) is 0 Å². The SMILES string of the molecule is COc1ccc(C[C@@H]2NC(=O)[C@H](CC(C)C)NC(=O)CN(S(=O)(=O)c3ccc4c(c3)CCC(=O)N4)C[C@H](C(C)C)NC(=O)[C@@H](C)NC2=O)cc1. The van der Waals surface area contributed by atoms with Gasteiger partial charge in [0.05, 0.1) is 18.6 Å². The largest absolute Gasteiger partial charge is 0.497 e. The highest BCUT2D eigenvalue weighted by Crippen LogP contribution is 2.27. The predicted molar refractivity (Wildman–Crippen MR) is 187 cm³/mol. The van der Waals surface area contributed by atoms with Crippen LogP contribution in [0.4, 0.5) is 5.69 Å². The van der Waals surface area contributed by atoms with Crippen LogP contribution in [0.25, 0.3) is 0 Å². The van der Waals surface area contributed by atoms with Crippen LogP contribution < -0.4 is 31.3 Å². The van der Waals surface area contributed by atoms with Gasteiger partial charge in [-0.25, -0.2) is 8.42 Å². The van der Waals surface area contributed by atoms with Crippen molar-refractivity contribution in [1.29, 1.82) is 0 Å². The second-order valence-corrected chi connectivity index (χ2v) is 15.6. The fraction of sp³-hybridized carbons (Fsp3) is 0.514. The molecule has 0 aliphatic carbocycles. The number of benzene rings is 2. The van der Waals surface area contributed by atoms with Crippen molar-refractivity contribution in [3.63, 3.8) is 0 Å². The zero-order valence-corrected chi connectivity index (χ0v) is 30.2. The number of fused-ring (bicyclic) bond motifs is 1. The Morgan fingerprint density at radius 1 is 0.820 bits per heavy atom. The number of anilines is 1. The van der Waals surface area contributed by atoms with Gasteiger partial charge >= 0.3 is 0 Å². The smallest absolute Gasteiger partial charge is 0.243 e. The summed E-state index contributed by atoms with van der Waals surface area (Å²) in [6.07, 6.45) is 0.857. The maximum Gasteiger partial charge on any atom is 0.243 e. The average molecular weight is 713 g/mol. The lowest BCUT2D eigenvalue weighted by molar-refractivity contribution is -0.133. The topological polar surface area (TPSA) is 192 Å². The summed E-state index contributed by atoms with van der Waals surface area (Å²) in [7, 11) is -2.80. The van der Waals surface area contributed by atoms with E-state index in [1.807, 2.05) is 13.8 Å². The van der Waals surface area contributed by atoms with Gasteiger partial charge < -0.3 is 31.3 Å². The summed E-state index contributed by atoms with van der Waals surface area (Å²) in [6, 6.07) is 7.36. The third-order valence-corrected chi connectivity index (χ3v) is 10.6. The van der Waals surface area contributed by atoms with Gasteiger partial charge in [0, 0.05) is 31.1 Å². The molecule has 15 heteroatoms. The molecule has 2 heterocycles. The van der Waals surface area contributed by atoms with E-state index in [2.05, 4.69) is 26.6 Å². The van der Waals surface area contributed by atoms with E-state index < -0.39 is 64.4 Å². The van der Waals surface area contributed by atoms with Gasteiger partial charge in [-0.1, -0.05) is 39.8 Å². The fourth-order valence-corrected chi connectivity index (χ4v) is 7.30. The van der Waals surface area contributed by atoms with Crippen molar-refractivity contribution in [1.82, 2.24) is 25.6 Å². The van der Waals surface area contributed by atoms with Gasteiger partial charge in [0.25, 0.3) is 0 Å². The summed E-state index contributed by atoms with van der Waals surface area (Å²) < 4.78 is 34.7. The third-order valence-electron chi connectivity index (χ3n) is 8.81. The van der Waals surface area contributed by atoms with Crippen molar-refractivity contribution < 1.29 is 37.1 Å². The summed E-state index contributed by atoms with van der Waals surface area (Å²) in [4.78, 5) is 66.3. The number of nitrogens with one attached hydrogen (secondary N) is 5. The molecular formula is C35H48N6O8S. The molecule has 0 spiro atoms. The van der Waals surface area contributed by atoms with E-state index in [0.717, 1.165) is 9.87 Å². The quantitative estimate of drug-likeness (QED) is 0.272. The van der Waals surface area contributed by atoms with E-state index in [9.17, 15) is 32.4 Å². The Morgan fingerprint density at radius 2 is 1.50 bits per heavy atom. The molecule has 0 saturated carbocycles. The number of methoxy groups -OCH3 is 1. The summed E-state index contributed by atoms with van der Waals surface area (Å²) in [5.74, 6) is -2.40. The first-order valence-electron chi connectivity index (χ1n) is 16.8. The van der Waals surface area contributed by atoms with E-state index in [1.165, 1.54) is 32.2 Å². The van der Waals surface area contributed by atoms with Gasteiger partial charge in [0.1, 0.15) is 23.9 Å². The van der Waals surface area contributed by atoms with Crippen molar-refractivity contribution >= 4 is 45.2 Å². The van der Waals surface area contributed by atoms with Gasteiger partial charge in [-0.15, -0.1) is 0 Å². The van der Waals surface area contributed by atoms with E-state index in [-0.39, 0.29) is 48.4 Å². The second-order valence-electron chi connectivity index (χ2n) is 13.6. The minimum atomic E-state index is -4.33. The van der Waals surface area contributed by atoms with E-state index in [0.29, 0.717) is 23.4 Å². The molecule has 1 saturated heterocycles.